The van der Waals surface area contributed by atoms with Crippen molar-refractivity contribution in [3.05, 3.63) is 130 Å². The van der Waals surface area contributed by atoms with Gasteiger partial charge in [0.1, 0.15) is 11.5 Å². The number of hydrogen-bond acceptors (Lipinski definition) is 8. The van der Waals surface area contributed by atoms with Crippen LogP contribution in [0.2, 0.25) is 0 Å². The molecule has 5 aromatic rings. The maximum atomic E-state index is 12.6. The van der Waals surface area contributed by atoms with Crippen LogP contribution in [0.15, 0.2) is 97.1 Å². The van der Waals surface area contributed by atoms with Gasteiger partial charge in [-0.2, -0.15) is 0 Å². The number of carbonyl (C=O) groups is 1. The van der Waals surface area contributed by atoms with E-state index < -0.39 is 34.6 Å². The summed E-state index contributed by atoms with van der Waals surface area (Å²) in [5, 5.41) is 40.4. The molecule has 0 aromatic heterocycles. The molecular weight excluding hydrogens is 524 g/mol. The number of ether oxygens (including phenoxy) is 3. The number of benzene rings is 5. The minimum Gasteiger partial charge on any atom is -0.504 e. The van der Waals surface area contributed by atoms with Crippen LogP contribution in [-0.2, 0) is 16.8 Å². The third kappa shape index (κ3) is 3.57. The van der Waals surface area contributed by atoms with Crippen LogP contribution in [0, 0.1) is 0 Å². The molecule has 0 bridgehead atoms. The molecule has 5 aromatic carbocycles. The van der Waals surface area contributed by atoms with Gasteiger partial charge in [-0.15, -0.1) is 0 Å². The second kappa shape index (κ2) is 8.96. The Balaban J connectivity index is 0.000000165. The Hall–Kier alpha value is -5.63. The van der Waals surface area contributed by atoms with Gasteiger partial charge in [0.25, 0.3) is 0 Å². The summed E-state index contributed by atoms with van der Waals surface area (Å²) < 4.78 is 17.2. The summed E-state index contributed by atoms with van der Waals surface area (Å²) in [6, 6.07) is 28.6. The molecule has 0 amide bonds. The van der Waals surface area contributed by atoms with Crippen LogP contribution in [0.1, 0.15) is 38.2 Å². The molecule has 3 heterocycles. The third-order valence-electron chi connectivity index (χ3n) is 7.50. The van der Waals surface area contributed by atoms with E-state index in [0.717, 1.165) is 17.9 Å². The maximum Gasteiger partial charge on any atom is 0.340 e. The first kappa shape index (κ1) is 24.4. The first-order valence-corrected chi connectivity index (χ1v) is 12.8. The highest BCUT2D eigenvalue weighted by atomic mass is 16.6. The molecule has 0 atom stereocenters. The van der Waals surface area contributed by atoms with Crippen molar-refractivity contribution in [3.8, 4) is 46.0 Å². The Kier molecular flexibility index (Phi) is 5.33. The molecule has 0 fully saturated rings. The average molecular weight is 547 g/mol. The molecule has 4 N–H and O–H groups in total. The molecule has 0 radical (unpaired) electrons. The molecule has 1 spiro atoms. The topological polar surface area (TPSA) is 126 Å². The monoisotopic (exact) mass is 546 g/mol. The number of esters is 1. The molecule has 3 aliphatic rings. The van der Waals surface area contributed by atoms with Crippen molar-refractivity contribution in [2.24, 2.45) is 0 Å². The van der Waals surface area contributed by atoms with E-state index in [0.29, 0.717) is 11.1 Å². The summed E-state index contributed by atoms with van der Waals surface area (Å²) >= 11 is 0. The fraction of sp³-hybridized carbons (Fsp3) is 0.0606. The lowest BCUT2D eigenvalue weighted by molar-refractivity contribution is 0.0220. The lowest BCUT2D eigenvalue weighted by Crippen LogP contribution is -2.33. The van der Waals surface area contributed by atoms with Gasteiger partial charge in [0.15, 0.2) is 28.6 Å². The van der Waals surface area contributed by atoms with Gasteiger partial charge in [-0.3, -0.25) is 0 Å². The fourth-order valence-electron chi connectivity index (χ4n) is 5.57. The lowest BCUT2D eigenvalue weighted by atomic mass is 9.77. The highest BCUT2D eigenvalue weighted by Gasteiger charge is 2.55. The minimum atomic E-state index is -1.51. The molecule has 3 aliphatic heterocycles. The number of phenolic OH excluding ortho intramolecular Hbond substituents is 4. The summed E-state index contributed by atoms with van der Waals surface area (Å²) in [6.45, 7) is 0. The highest BCUT2D eigenvalue weighted by Crippen LogP contribution is 2.61. The van der Waals surface area contributed by atoms with Gasteiger partial charge in [0.2, 0.25) is 11.5 Å². The third-order valence-corrected chi connectivity index (χ3v) is 7.50. The van der Waals surface area contributed by atoms with E-state index in [1.54, 1.807) is 24.3 Å². The second-order valence-electron chi connectivity index (χ2n) is 9.83. The van der Waals surface area contributed by atoms with E-state index in [1.807, 2.05) is 24.3 Å². The van der Waals surface area contributed by atoms with Crippen LogP contribution in [0.5, 0.6) is 46.0 Å². The van der Waals surface area contributed by atoms with E-state index in [1.165, 1.54) is 35.4 Å². The Morgan fingerprint density at radius 3 is 1.66 bits per heavy atom. The van der Waals surface area contributed by atoms with E-state index in [4.69, 9.17) is 14.2 Å². The Morgan fingerprint density at radius 1 is 0.561 bits per heavy atom. The molecular formula is C33H22O8. The predicted molar refractivity (Wildman–Crippen MR) is 147 cm³/mol. The SMILES string of the molecule is O=C1OC2(c3ccccc31)c1ccc(O)c(O)c1Oc1c2ccc(O)c1O.c1ccc2c(c1)Cc1ccccc1O2. The highest BCUT2D eigenvalue weighted by molar-refractivity contribution is 5.97. The Labute approximate surface area is 233 Å². The number of rotatable bonds is 0. The smallest absolute Gasteiger partial charge is 0.340 e. The van der Waals surface area contributed by atoms with Crippen molar-refractivity contribution in [1.29, 1.82) is 0 Å². The number of hydrogen-bond donors (Lipinski definition) is 4. The van der Waals surface area contributed by atoms with Crippen LogP contribution in [0.4, 0.5) is 0 Å². The van der Waals surface area contributed by atoms with Crippen molar-refractivity contribution in [3.63, 3.8) is 0 Å². The quantitative estimate of drug-likeness (QED) is 0.126. The summed E-state index contributed by atoms with van der Waals surface area (Å²) in [6.07, 6.45) is 0.979. The van der Waals surface area contributed by atoms with Gasteiger partial charge in [0, 0.05) is 12.0 Å². The number of fused-ring (bicyclic) bond motifs is 8. The van der Waals surface area contributed by atoms with Crippen LogP contribution < -0.4 is 9.47 Å². The van der Waals surface area contributed by atoms with Crippen molar-refractivity contribution < 1.29 is 39.4 Å². The predicted octanol–water partition coefficient (Wildman–Crippen LogP) is 6.46. The van der Waals surface area contributed by atoms with Gasteiger partial charge in [-0.25, -0.2) is 4.79 Å². The van der Waals surface area contributed by atoms with Crippen LogP contribution in [0.3, 0.4) is 0 Å². The van der Waals surface area contributed by atoms with Gasteiger partial charge in [-0.05, 0) is 53.6 Å². The zero-order chi connectivity index (χ0) is 28.3. The number of aromatic hydroxyl groups is 4. The summed E-state index contributed by atoms with van der Waals surface area (Å²) in [5.41, 5.74) is 2.43. The largest absolute Gasteiger partial charge is 0.504 e. The van der Waals surface area contributed by atoms with E-state index in [2.05, 4.69) is 24.3 Å². The van der Waals surface area contributed by atoms with E-state index in [-0.39, 0.29) is 22.6 Å². The molecule has 8 nitrogen and oxygen atoms in total. The normalized spacial score (nSPS) is 14.5. The average Bonchev–Trinajstić information content (AvgIpc) is 3.29. The van der Waals surface area contributed by atoms with Crippen LogP contribution in [-0.4, -0.2) is 26.4 Å². The molecule has 0 aliphatic carbocycles. The molecule has 202 valence electrons. The maximum absolute atomic E-state index is 12.6. The molecule has 0 saturated heterocycles. The minimum absolute atomic E-state index is 0.173. The summed E-state index contributed by atoms with van der Waals surface area (Å²) in [7, 11) is 0. The molecule has 0 unspecified atom stereocenters. The van der Waals surface area contributed by atoms with Crippen molar-refractivity contribution in [2.45, 2.75) is 12.0 Å². The lowest BCUT2D eigenvalue weighted by Gasteiger charge is -2.36. The Morgan fingerprint density at radius 2 is 1.07 bits per heavy atom. The number of phenols is 4. The van der Waals surface area contributed by atoms with Gasteiger partial charge in [-0.1, -0.05) is 54.6 Å². The summed E-state index contributed by atoms with van der Waals surface area (Å²) in [5.74, 6) is -0.960. The zero-order valence-corrected chi connectivity index (χ0v) is 21.4. The molecule has 8 heteroatoms. The van der Waals surface area contributed by atoms with Gasteiger partial charge in [0.05, 0.1) is 16.7 Å². The fourth-order valence-corrected chi connectivity index (χ4v) is 5.57. The molecule has 0 saturated carbocycles. The number of para-hydroxylation sites is 2. The van der Waals surface area contributed by atoms with E-state index >= 15 is 0 Å². The van der Waals surface area contributed by atoms with Gasteiger partial charge >= 0.3 is 5.97 Å². The van der Waals surface area contributed by atoms with E-state index in [9.17, 15) is 25.2 Å². The second-order valence-corrected chi connectivity index (χ2v) is 9.83. The number of carbonyl (C=O) groups excluding carboxylic acids is 1. The standard InChI is InChI=1S/C20H12O7.C13H10O/c21-13-7-5-11-17(15(13)23)26-18-12(6-8-14(22)16(18)24)20(11)10-4-2-1-3-9(10)19(25)27-20;1-3-7-12-10(5-1)9-11-6-2-4-8-13(11)14-12/h1-8,21-24H;1-8H,9H2. The first-order chi connectivity index (χ1) is 19.9. The van der Waals surface area contributed by atoms with Crippen molar-refractivity contribution >= 4 is 5.97 Å². The zero-order valence-electron chi connectivity index (χ0n) is 21.4. The summed E-state index contributed by atoms with van der Waals surface area (Å²) in [4.78, 5) is 12.6. The van der Waals surface area contributed by atoms with Crippen molar-refractivity contribution in [2.75, 3.05) is 0 Å². The molecule has 41 heavy (non-hydrogen) atoms. The molecule has 8 rings (SSSR count). The first-order valence-electron chi connectivity index (χ1n) is 12.8. The van der Waals surface area contributed by atoms with Crippen LogP contribution >= 0.6 is 0 Å². The van der Waals surface area contributed by atoms with Gasteiger partial charge < -0.3 is 34.6 Å². The van der Waals surface area contributed by atoms with Crippen molar-refractivity contribution in [1.82, 2.24) is 0 Å². The van der Waals surface area contributed by atoms with Crippen LogP contribution in [0.25, 0.3) is 0 Å². The Bertz CT molecular complexity index is 1730.